The number of benzene rings is 1. The Kier molecular flexibility index (Phi) is 4.55. The normalized spacial score (nSPS) is 12.8. The van der Waals surface area contributed by atoms with E-state index < -0.39 is 5.82 Å². The maximum Gasteiger partial charge on any atom is 0.142 e. The van der Waals surface area contributed by atoms with Crippen molar-refractivity contribution in [3.8, 4) is 0 Å². The van der Waals surface area contributed by atoms with Gasteiger partial charge in [-0.3, -0.25) is 4.68 Å². The van der Waals surface area contributed by atoms with E-state index in [1.807, 2.05) is 31.6 Å². The molecule has 108 valence electrons. The molecule has 0 bridgehead atoms. The average molecular weight is 316 g/mol. The first-order chi connectivity index (χ1) is 9.40. The van der Waals surface area contributed by atoms with Crippen molar-refractivity contribution in [2.24, 2.45) is 0 Å². The Morgan fingerprint density at radius 1 is 1.25 bits per heavy atom. The van der Waals surface area contributed by atoms with Gasteiger partial charge in [-0.1, -0.05) is 23.2 Å². The van der Waals surface area contributed by atoms with Gasteiger partial charge >= 0.3 is 0 Å². The van der Waals surface area contributed by atoms with Crippen LogP contribution < -0.4 is 5.32 Å². The summed E-state index contributed by atoms with van der Waals surface area (Å²) in [5.74, 6) is -0.474. The summed E-state index contributed by atoms with van der Waals surface area (Å²) < 4.78 is 15.4. The maximum atomic E-state index is 13.5. The summed E-state index contributed by atoms with van der Waals surface area (Å²) in [7, 11) is 0. The molecule has 0 fully saturated rings. The maximum absolute atomic E-state index is 13.5. The zero-order valence-corrected chi connectivity index (χ0v) is 13.0. The lowest BCUT2D eigenvalue weighted by molar-refractivity contribution is 0.532. The first-order valence-electron chi connectivity index (χ1n) is 6.34. The highest BCUT2D eigenvalue weighted by Crippen LogP contribution is 2.34. The van der Waals surface area contributed by atoms with Gasteiger partial charge in [-0.15, -0.1) is 0 Å². The molecule has 0 aliphatic carbocycles. The van der Waals surface area contributed by atoms with E-state index in [1.54, 1.807) is 6.20 Å². The van der Waals surface area contributed by atoms with E-state index in [0.717, 1.165) is 5.69 Å². The molecule has 0 spiro atoms. The van der Waals surface area contributed by atoms with Crippen LogP contribution in [0.15, 0.2) is 24.5 Å². The zero-order chi connectivity index (χ0) is 14.9. The lowest BCUT2D eigenvalue weighted by atomic mass is 10.1. The smallest absolute Gasteiger partial charge is 0.142 e. The van der Waals surface area contributed by atoms with Crippen molar-refractivity contribution in [3.63, 3.8) is 0 Å². The van der Waals surface area contributed by atoms with Crippen LogP contribution in [0.1, 0.15) is 38.4 Å². The Morgan fingerprint density at radius 3 is 2.55 bits per heavy atom. The van der Waals surface area contributed by atoms with Gasteiger partial charge < -0.3 is 5.32 Å². The number of aromatic nitrogens is 2. The quantitative estimate of drug-likeness (QED) is 0.797. The molecule has 6 heteroatoms. The van der Waals surface area contributed by atoms with Crippen molar-refractivity contribution < 1.29 is 4.39 Å². The Balaban J connectivity index is 2.23. The van der Waals surface area contributed by atoms with E-state index in [9.17, 15) is 4.39 Å². The molecule has 2 rings (SSSR count). The topological polar surface area (TPSA) is 29.9 Å². The third kappa shape index (κ3) is 3.07. The summed E-state index contributed by atoms with van der Waals surface area (Å²) >= 11 is 12.1. The molecule has 0 aliphatic heterocycles. The number of hydrogen-bond acceptors (Lipinski definition) is 2. The summed E-state index contributed by atoms with van der Waals surface area (Å²) in [6.45, 7) is 5.96. The van der Waals surface area contributed by atoms with Crippen LogP contribution in [0.2, 0.25) is 10.0 Å². The summed E-state index contributed by atoms with van der Waals surface area (Å²) in [4.78, 5) is 0. The molecule has 20 heavy (non-hydrogen) atoms. The van der Waals surface area contributed by atoms with Gasteiger partial charge in [0.05, 0.1) is 22.9 Å². The number of hydrogen-bond donors (Lipinski definition) is 1. The third-order valence-corrected chi connectivity index (χ3v) is 3.74. The van der Waals surface area contributed by atoms with Crippen molar-refractivity contribution >= 4 is 28.9 Å². The highest BCUT2D eigenvalue weighted by atomic mass is 35.5. The van der Waals surface area contributed by atoms with E-state index in [2.05, 4.69) is 10.4 Å². The largest absolute Gasteiger partial charge is 0.376 e. The lowest BCUT2D eigenvalue weighted by Crippen LogP contribution is -2.08. The number of nitrogens with one attached hydrogen (secondary N) is 1. The summed E-state index contributed by atoms with van der Waals surface area (Å²) in [5, 5.41) is 7.95. The van der Waals surface area contributed by atoms with Gasteiger partial charge in [0.25, 0.3) is 0 Å². The van der Waals surface area contributed by atoms with Crippen LogP contribution in [0.4, 0.5) is 10.1 Å². The van der Waals surface area contributed by atoms with Gasteiger partial charge in [0.1, 0.15) is 5.82 Å². The SMILES string of the molecule is CC(Nc1cnn(C(C)C)c1)c1c(Cl)ccc(F)c1Cl. The number of anilines is 1. The molecule has 1 N–H and O–H groups in total. The lowest BCUT2D eigenvalue weighted by Gasteiger charge is -2.17. The van der Waals surface area contributed by atoms with Crippen LogP contribution in [0.3, 0.4) is 0 Å². The second-order valence-corrected chi connectivity index (χ2v) is 5.71. The molecular weight excluding hydrogens is 300 g/mol. The fourth-order valence-corrected chi connectivity index (χ4v) is 2.65. The highest BCUT2D eigenvalue weighted by molar-refractivity contribution is 6.36. The zero-order valence-electron chi connectivity index (χ0n) is 11.5. The Bertz CT molecular complexity index is 610. The summed E-state index contributed by atoms with van der Waals surface area (Å²) in [6.07, 6.45) is 3.61. The van der Waals surface area contributed by atoms with E-state index in [1.165, 1.54) is 12.1 Å². The molecule has 0 aliphatic rings. The van der Waals surface area contributed by atoms with Crippen molar-refractivity contribution in [1.82, 2.24) is 9.78 Å². The highest BCUT2D eigenvalue weighted by Gasteiger charge is 2.17. The molecule has 0 saturated heterocycles. The first-order valence-corrected chi connectivity index (χ1v) is 7.09. The predicted molar refractivity (Wildman–Crippen MR) is 81.1 cm³/mol. The van der Waals surface area contributed by atoms with Crippen molar-refractivity contribution in [1.29, 1.82) is 0 Å². The second-order valence-electron chi connectivity index (χ2n) is 4.93. The molecule has 1 unspecified atom stereocenters. The minimum absolute atomic E-state index is 0.0498. The van der Waals surface area contributed by atoms with Crippen LogP contribution in [0, 0.1) is 5.82 Å². The molecule has 1 aromatic carbocycles. The Hall–Kier alpha value is -1.26. The summed E-state index contributed by atoms with van der Waals surface area (Å²) in [6, 6.07) is 2.82. The third-order valence-electron chi connectivity index (χ3n) is 3.03. The van der Waals surface area contributed by atoms with Gasteiger partial charge in [0.15, 0.2) is 0 Å². The molecule has 1 atom stereocenters. The van der Waals surface area contributed by atoms with E-state index in [4.69, 9.17) is 23.2 Å². The van der Waals surface area contributed by atoms with E-state index in [0.29, 0.717) is 10.6 Å². The van der Waals surface area contributed by atoms with Gasteiger partial charge in [0, 0.05) is 22.8 Å². The number of nitrogens with zero attached hydrogens (tertiary/aromatic N) is 2. The molecule has 0 saturated carbocycles. The molecule has 0 amide bonds. The first kappa shape index (κ1) is 15.1. The molecule has 2 aromatic rings. The Labute approximate surface area is 127 Å². The molecule has 1 heterocycles. The van der Waals surface area contributed by atoms with Crippen molar-refractivity contribution in [2.75, 3.05) is 5.32 Å². The van der Waals surface area contributed by atoms with Crippen molar-refractivity contribution in [2.45, 2.75) is 32.9 Å². The van der Waals surface area contributed by atoms with Gasteiger partial charge in [-0.25, -0.2) is 4.39 Å². The predicted octanol–water partition coefficient (Wildman–Crippen LogP) is 5.08. The van der Waals surface area contributed by atoms with Crippen LogP contribution in [-0.2, 0) is 0 Å². The molecular formula is C14H16Cl2FN3. The van der Waals surface area contributed by atoms with Gasteiger partial charge in [-0.2, -0.15) is 5.10 Å². The van der Waals surface area contributed by atoms with Crippen LogP contribution in [0.25, 0.3) is 0 Å². The monoisotopic (exact) mass is 315 g/mol. The fourth-order valence-electron chi connectivity index (χ4n) is 1.96. The Morgan fingerprint density at radius 2 is 1.95 bits per heavy atom. The van der Waals surface area contributed by atoms with Gasteiger partial charge in [0.2, 0.25) is 0 Å². The van der Waals surface area contributed by atoms with Crippen molar-refractivity contribution in [3.05, 3.63) is 46.0 Å². The fraction of sp³-hybridized carbons (Fsp3) is 0.357. The molecule has 1 aromatic heterocycles. The van der Waals surface area contributed by atoms with Crippen LogP contribution in [0.5, 0.6) is 0 Å². The minimum atomic E-state index is -0.474. The standard InChI is InChI=1S/C14H16Cl2FN3/c1-8(2)20-7-10(6-18-20)19-9(3)13-11(15)4-5-12(17)14(13)16/h4-9,19H,1-3H3. The number of halogens is 3. The minimum Gasteiger partial charge on any atom is -0.376 e. The van der Waals surface area contributed by atoms with E-state index in [-0.39, 0.29) is 17.1 Å². The van der Waals surface area contributed by atoms with Crippen LogP contribution in [-0.4, -0.2) is 9.78 Å². The number of rotatable bonds is 4. The second kappa shape index (κ2) is 6.02. The van der Waals surface area contributed by atoms with E-state index >= 15 is 0 Å². The summed E-state index contributed by atoms with van der Waals surface area (Å²) in [5.41, 5.74) is 1.38. The van der Waals surface area contributed by atoms with Crippen LogP contribution >= 0.6 is 23.2 Å². The molecule has 3 nitrogen and oxygen atoms in total. The van der Waals surface area contributed by atoms with Gasteiger partial charge in [-0.05, 0) is 32.9 Å². The molecule has 0 radical (unpaired) electrons. The average Bonchev–Trinajstić information content (AvgIpc) is 2.83.